The molecule has 3 heterocycles. The number of carbonyl (C=O) groups excluding carboxylic acids is 1. The lowest BCUT2D eigenvalue weighted by atomic mass is 9.88. The van der Waals surface area contributed by atoms with E-state index in [2.05, 4.69) is 20.8 Å². The van der Waals surface area contributed by atoms with Crippen LogP contribution in [0, 0.1) is 11.8 Å². The molecule has 6 heteroatoms. The van der Waals surface area contributed by atoms with Crippen LogP contribution < -0.4 is 10.6 Å². The Labute approximate surface area is 117 Å². The highest BCUT2D eigenvalue weighted by atomic mass is 16.2. The standard InChI is InChI=1S/C14H19N5O/c1-9(11-7-15-8-11)14(20)16-10(2)13-18-17-12-5-3-4-6-19(12)13/h3-6,9-11,15H,7-8H2,1-2H3,(H,16,20). The van der Waals surface area contributed by atoms with Crippen molar-refractivity contribution >= 4 is 11.6 Å². The molecule has 2 unspecified atom stereocenters. The minimum Gasteiger partial charge on any atom is -0.346 e. The Hall–Kier alpha value is -1.95. The predicted molar refractivity (Wildman–Crippen MR) is 75.1 cm³/mol. The molecule has 0 radical (unpaired) electrons. The van der Waals surface area contributed by atoms with Gasteiger partial charge in [-0.05, 0) is 38.1 Å². The number of hydrogen-bond donors (Lipinski definition) is 2. The van der Waals surface area contributed by atoms with E-state index in [1.54, 1.807) is 0 Å². The number of hydrogen-bond acceptors (Lipinski definition) is 4. The fraction of sp³-hybridized carbons (Fsp3) is 0.500. The number of pyridine rings is 1. The summed E-state index contributed by atoms with van der Waals surface area (Å²) in [5.41, 5.74) is 0.792. The van der Waals surface area contributed by atoms with E-state index < -0.39 is 0 Å². The zero-order chi connectivity index (χ0) is 14.1. The van der Waals surface area contributed by atoms with Gasteiger partial charge in [-0.25, -0.2) is 0 Å². The van der Waals surface area contributed by atoms with Crippen LogP contribution in [0.4, 0.5) is 0 Å². The van der Waals surface area contributed by atoms with Gasteiger partial charge in [0.25, 0.3) is 0 Å². The average Bonchev–Trinajstić information content (AvgIpc) is 2.80. The highest BCUT2D eigenvalue weighted by molar-refractivity contribution is 5.79. The normalized spacial score (nSPS) is 18.5. The van der Waals surface area contributed by atoms with Crippen molar-refractivity contribution in [3.8, 4) is 0 Å². The van der Waals surface area contributed by atoms with Gasteiger partial charge in [-0.1, -0.05) is 13.0 Å². The first-order valence-electron chi connectivity index (χ1n) is 6.97. The van der Waals surface area contributed by atoms with Crippen LogP contribution in [0.15, 0.2) is 24.4 Å². The Morgan fingerprint density at radius 1 is 1.40 bits per heavy atom. The zero-order valence-corrected chi connectivity index (χ0v) is 11.7. The van der Waals surface area contributed by atoms with Crippen molar-refractivity contribution in [1.82, 2.24) is 25.2 Å². The van der Waals surface area contributed by atoms with Gasteiger partial charge < -0.3 is 10.6 Å². The van der Waals surface area contributed by atoms with Crippen LogP contribution in [0.5, 0.6) is 0 Å². The lowest BCUT2D eigenvalue weighted by Crippen LogP contribution is -2.49. The summed E-state index contributed by atoms with van der Waals surface area (Å²) in [5.74, 6) is 1.31. The average molecular weight is 273 g/mol. The second-order valence-electron chi connectivity index (χ2n) is 5.42. The third kappa shape index (κ3) is 2.27. The van der Waals surface area contributed by atoms with Gasteiger partial charge >= 0.3 is 0 Å². The molecule has 0 bridgehead atoms. The monoisotopic (exact) mass is 273 g/mol. The first kappa shape index (κ1) is 13.1. The number of fused-ring (bicyclic) bond motifs is 1. The van der Waals surface area contributed by atoms with E-state index in [0.29, 0.717) is 5.92 Å². The molecule has 2 N–H and O–H groups in total. The fourth-order valence-corrected chi connectivity index (χ4v) is 2.44. The van der Waals surface area contributed by atoms with E-state index >= 15 is 0 Å². The largest absolute Gasteiger partial charge is 0.346 e. The minimum atomic E-state index is -0.157. The van der Waals surface area contributed by atoms with Crippen molar-refractivity contribution in [3.63, 3.8) is 0 Å². The molecule has 2 aromatic rings. The Morgan fingerprint density at radius 2 is 2.20 bits per heavy atom. The molecular formula is C14H19N5O. The van der Waals surface area contributed by atoms with Crippen LogP contribution in [0.25, 0.3) is 5.65 Å². The Kier molecular flexibility index (Phi) is 3.40. The summed E-state index contributed by atoms with van der Waals surface area (Å²) in [7, 11) is 0. The summed E-state index contributed by atoms with van der Waals surface area (Å²) in [4.78, 5) is 12.2. The quantitative estimate of drug-likeness (QED) is 0.863. The topological polar surface area (TPSA) is 71.3 Å². The van der Waals surface area contributed by atoms with E-state index in [0.717, 1.165) is 24.6 Å². The molecule has 3 rings (SSSR count). The molecule has 0 aromatic carbocycles. The van der Waals surface area contributed by atoms with Gasteiger partial charge in [-0.15, -0.1) is 10.2 Å². The minimum absolute atomic E-state index is 0.0258. The van der Waals surface area contributed by atoms with E-state index in [-0.39, 0.29) is 17.9 Å². The highest BCUT2D eigenvalue weighted by Gasteiger charge is 2.29. The SMILES string of the molecule is CC(NC(=O)C(C)C1CNC1)c1nnc2ccccn12. The molecule has 1 saturated heterocycles. The number of aromatic nitrogens is 3. The molecule has 1 aliphatic heterocycles. The molecule has 106 valence electrons. The first-order chi connectivity index (χ1) is 9.66. The van der Waals surface area contributed by atoms with E-state index in [1.807, 2.05) is 42.6 Å². The molecule has 0 aliphatic carbocycles. The molecule has 6 nitrogen and oxygen atoms in total. The maximum Gasteiger partial charge on any atom is 0.223 e. The second kappa shape index (κ2) is 5.20. The maximum absolute atomic E-state index is 12.2. The number of carbonyl (C=O) groups is 1. The lowest BCUT2D eigenvalue weighted by Gasteiger charge is -2.32. The van der Waals surface area contributed by atoms with Crippen molar-refractivity contribution < 1.29 is 4.79 Å². The van der Waals surface area contributed by atoms with Gasteiger partial charge in [0.05, 0.1) is 6.04 Å². The van der Waals surface area contributed by atoms with Crippen LogP contribution in [0.3, 0.4) is 0 Å². The summed E-state index contributed by atoms with van der Waals surface area (Å²) < 4.78 is 1.90. The molecule has 1 aliphatic rings. The summed E-state index contributed by atoms with van der Waals surface area (Å²) in [6, 6.07) is 5.59. The van der Waals surface area contributed by atoms with Crippen LogP contribution >= 0.6 is 0 Å². The third-order valence-electron chi connectivity index (χ3n) is 4.02. The summed E-state index contributed by atoms with van der Waals surface area (Å²) in [6.07, 6.45) is 1.91. The Morgan fingerprint density at radius 3 is 2.90 bits per heavy atom. The summed E-state index contributed by atoms with van der Waals surface area (Å²) in [6.45, 7) is 5.77. The molecule has 1 fully saturated rings. The van der Waals surface area contributed by atoms with Gasteiger partial charge in [0.15, 0.2) is 11.5 Å². The van der Waals surface area contributed by atoms with Crippen LogP contribution in [-0.2, 0) is 4.79 Å². The van der Waals surface area contributed by atoms with Gasteiger partial charge in [0.1, 0.15) is 0 Å². The summed E-state index contributed by atoms with van der Waals surface area (Å²) >= 11 is 0. The number of nitrogens with zero attached hydrogens (tertiary/aromatic N) is 3. The molecule has 1 amide bonds. The molecule has 0 saturated carbocycles. The lowest BCUT2D eigenvalue weighted by molar-refractivity contribution is -0.127. The molecule has 0 spiro atoms. The zero-order valence-electron chi connectivity index (χ0n) is 11.7. The van der Waals surface area contributed by atoms with Crippen LogP contribution in [0.1, 0.15) is 25.7 Å². The highest BCUT2D eigenvalue weighted by Crippen LogP contribution is 2.18. The maximum atomic E-state index is 12.2. The smallest absolute Gasteiger partial charge is 0.223 e. The Bertz CT molecular complexity index is 619. The number of amides is 1. The van der Waals surface area contributed by atoms with Crippen molar-refractivity contribution in [2.24, 2.45) is 11.8 Å². The number of nitrogens with one attached hydrogen (secondary N) is 2. The third-order valence-corrected chi connectivity index (χ3v) is 4.02. The van der Waals surface area contributed by atoms with Crippen molar-refractivity contribution in [3.05, 3.63) is 30.2 Å². The first-order valence-corrected chi connectivity index (χ1v) is 6.97. The molecule has 20 heavy (non-hydrogen) atoms. The van der Waals surface area contributed by atoms with Gasteiger partial charge in [-0.3, -0.25) is 9.20 Å². The van der Waals surface area contributed by atoms with Crippen LogP contribution in [-0.4, -0.2) is 33.6 Å². The van der Waals surface area contributed by atoms with Crippen molar-refractivity contribution in [2.45, 2.75) is 19.9 Å². The fourth-order valence-electron chi connectivity index (χ4n) is 2.44. The molecular weight excluding hydrogens is 254 g/mol. The number of rotatable bonds is 4. The van der Waals surface area contributed by atoms with E-state index in [1.165, 1.54) is 0 Å². The van der Waals surface area contributed by atoms with Crippen LogP contribution in [0.2, 0.25) is 0 Å². The van der Waals surface area contributed by atoms with E-state index in [4.69, 9.17) is 0 Å². The van der Waals surface area contributed by atoms with Gasteiger partial charge in [0.2, 0.25) is 5.91 Å². The van der Waals surface area contributed by atoms with Crippen molar-refractivity contribution in [1.29, 1.82) is 0 Å². The summed E-state index contributed by atoms with van der Waals surface area (Å²) in [5, 5.41) is 14.5. The second-order valence-corrected chi connectivity index (χ2v) is 5.42. The van der Waals surface area contributed by atoms with Gasteiger partial charge in [0, 0.05) is 12.1 Å². The van der Waals surface area contributed by atoms with Gasteiger partial charge in [-0.2, -0.15) is 0 Å². The Balaban J connectivity index is 1.72. The molecule has 2 atom stereocenters. The molecule has 2 aromatic heterocycles. The van der Waals surface area contributed by atoms with Crippen molar-refractivity contribution in [2.75, 3.05) is 13.1 Å². The van der Waals surface area contributed by atoms with E-state index in [9.17, 15) is 4.79 Å². The predicted octanol–water partition coefficient (Wildman–Crippen LogP) is 0.762.